The second-order valence-corrected chi connectivity index (χ2v) is 5.95. The van der Waals surface area contributed by atoms with Gasteiger partial charge in [-0.25, -0.2) is 0 Å². The van der Waals surface area contributed by atoms with Crippen molar-refractivity contribution in [1.82, 2.24) is 0 Å². The molecule has 0 bridgehead atoms. The Kier molecular flexibility index (Phi) is 4.65. The third-order valence-electron chi connectivity index (χ3n) is 3.27. The predicted molar refractivity (Wildman–Crippen MR) is 86.7 cm³/mol. The minimum Gasteiger partial charge on any atom is -0.378 e. The maximum Gasteiger partial charge on any atom is 0.0511 e. The van der Waals surface area contributed by atoms with Gasteiger partial charge in [-0.2, -0.15) is 0 Å². The van der Waals surface area contributed by atoms with Crippen LogP contribution < -0.4 is 5.32 Å². The summed E-state index contributed by atoms with van der Waals surface area (Å²) in [4.78, 5) is 0. The van der Waals surface area contributed by atoms with E-state index in [1.165, 1.54) is 22.4 Å². The lowest BCUT2D eigenvalue weighted by Crippen LogP contribution is -2.09. The zero-order valence-electron chi connectivity index (χ0n) is 11.7. The van der Waals surface area contributed by atoms with Crippen LogP contribution in [0.3, 0.4) is 0 Å². The Morgan fingerprint density at radius 1 is 1.00 bits per heavy atom. The van der Waals surface area contributed by atoms with Crippen LogP contribution >= 0.6 is 15.9 Å². The molecule has 1 nitrogen and oxygen atoms in total. The van der Waals surface area contributed by atoms with E-state index in [2.05, 4.69) is 84.5 Å². The molecule has 0 heterocycles. The predicted octanol–water partition coefficient (Wildman–Crippen LogP) is 5.63. The van der Waals surface area contributed by atoms with E-state index in [-0.39, 0.29) is 0 Å². The number of hydrogen-bond donors (Lipinski definition) is 1. The summed E-state index contributed by atoms with van der Waals surface area (Å²) in [5.74, 6) is 0. The van der Waals surface area contributed by atoms with Crippen molar-refractivity contribution in [3.63, 3.8) is 0 Å². The molecule has 0 aromatic heterocycles. The van der Waals surface area contributed by atoms with Crippen molar-refractivity contribution in [2.45, 2.75) is 33.2 Å². The number of halogens is 1. The number of aryl methyl sites for hydroxylation is 2. The second kappa shape index (κ2) is 6.25. The van der Waals surface area contributed by atoms with Gasteiger partial charge in [0.2, 0.25) is 0 Å². The molecule has 2 rings (SSSR count). The van der Waals surface area contributed by atoms with Crippen molar-refractivity contribution >= 4 is 21.6 Å². The van der Waals surface area contributed by atoms with Crippen LogP contribution in [0.2, 0.25) is 0 Å². The Hall–Kier alpha value is -1.28. The SMILES string of the molecule is CCC(Nc1cc(C)cc(Br)c1)c1ccc(C)cc1. The van der Waals surface area contributed by atoms with E-state index < -0.39 is 0 Å². The van der Waals surface area contributed by atoms with Crippen LogP contribution in [-0.2, 0) is 0 Å². The van der Waals surface area contributed by atoms with Gasteiger partial charge < -0.3 is 5.32 Å². The Morgan fingerprint density at radius 2 is 1.68 bits per heavy atom. The molecule has 0 amide bonds. The molecule has 0 radical (unpaired) electrons. The molecule has 0 saturated carbocycles. The van der Waals surface area contributed by atoms with Crippen LogP contribution in [0.15, 0.2) is 46.9 Å². The molecule has 1 atom stereocenters. The fraction of sp³-hybridized carbons (Fsp3) is 0.294. The van der Waals surface area contributed by atoms with E-state index in [1.807, 2.05) is 0 Å². The van der Waals surface area contributed by atoms with Crippen LogP contribution in [0, 0.1) is 13.8 Å². The van der Waals surface area contributed by atoms with Crippen molar-refractivity contribution in [3.8, 4) is 0 Å². The van der Waals surface area contributed by atoms with Gasteiger partial charge >= 0.3 is 0 Å². The number of anilines is 1. The van der Waals surface area contributed by atoms with Crippen LogP contribution in [-0.4, -0.2) is 0 Å². The highest BCUT2D eigenvalue weighted by Crippen LogP contribution is 2.26. The standard InChI is InChI=1S/C17H20BrN/c1-4-17(14-7-5-12(2)6-8-14)19-16-10-13(3)9-15(18)11-16/h5-11,17,19H,4H2,1-3H3. The summed E-state index contributed by atoms with van der Waals surface area (Å²) < 4.78 is 1.12. The number of rotatable bonds is 4. The first kappa shape index (κ1) is 14.1. The lowest BCUT2D eigenvalue weighted by Gasteiger charge is -2.19. The zero-order chi connectivity index (χ0) is 13.8. The highest BCUT2D eigenvalue weighted by atomic mass is 79.9. The topological polar surface area (TPSA) is 12.0 Å². The molecular weight excluding hydrogens is 298 g/mol. The molecule has 19 heavy (non-hydrogen) atoms. The minimum absolute atomic E-state index is 0.356. The third-order valence-corrected chi connectivity index (χ3v) is 3.73. The average Bonchev–Trinajstić information content (AvgIpc) is 2.36. The van der Waals surface area contributed by atoms with Crippen molar-refractivity contribution in [2.24, 2.45) is 0 Å². The molecule has 0 spiro atoms. The fourth-order valence-electron chi connectivity index (χ4n) is 2.24. The maximum atomic E-state index is 3.62. The quantitative estimate of drug-likeness (QED) is 0.770. The summed E-state index contributed by atoms with van der Waals surface area (Å²) in [5, 5.41) is 3.62. The fourth-order valence-corrected chi connectivity index (χ4v) is 2.85. The van der Waals surface area contributed by atoms with Crippen molar-refractivity contribution in [3.05, 3.63) is 63.6 Å². The van der Waals surface area contributed by atoms with Gasteiger partial charge in [0, 0.05) is 10.2 Å². The molecule has 0 fully saturated rings. The van der Waals surface area contributed by atoms with Gasteiger partial charge in [-0.05, 0) is 49.6 Å². The van der Waals surface area contributed by atoms with Crippen LogP contribution in [0.4, 0.5) is 5.69 Å². The Bertz CT molecular complexity index is 525. The molecule has 1 N–H and O–H groups in total. The number of benzene rings is 2. The zero-order valence-corrected chi connectivity index (χ0v) is 13.3. The molecule has 0 aliphatic heterocycles. The van der Waals surface area contributed by atoms with Gasteiger partial charge in [0.25, 0.3) is 0 Å². The molecule has 2 aromatic rings. The Morgan fingerprint density at radius 3 is 2.26 bits per heavy atom. The van der Waals surface area contributed by atoms with Crippen LogP contribution in [0.5, 0.6) is 0 Å². The van der Waals surface area contributed by atoms with Gasteiger partial charge in [-0.3, -0.25) is 0 Å². The molecule has 2 heteroatoms. The third kappa shape index (κ3) is 3.84. The summed E-state index contributed by atoms with van der Waals surface area (Å²) in [6, 6.07) is 15.6. The molecule has 0 aliphatic carbocycles. The lowest BCUT2D eigenvalue weighted by molar-refractivity contribution is 0.749. The highest BCUT2D eigenvalue weighted by molar-refractivity contribution is 9.10. The normalized spacial score (nSPS) is 12.2. The minimum atomic E-state index is 0.356. The number of nitrogens with one attached hydrogen (secondary N) is 1. The van der Waals surface area contributed by atoms with E-state index in [0.717, 1.165) is 10.9 Å². The first-order valence-corrected chi connectivity index (χ1v) is 7.48. The van der Waals surface area contributed by atoms with E-state index in [0.29, 0.717) is 6.04 Å². The summed E-state index contributed by atoms with van der Waals surface area (Å²) in [7, 11) is 0. The van der Waals surface area contributed by atoms with E-state index in [9.17, 15) is 0 Å². The van der Waals surface area contributed by atoms with Gasteiger partial charge in [0.15, 0.2) is 0 Å². The lowest BCUT2D eigenvalue weighted by atomic mass is 10.0. The Labute approximate surface area is 124 Å². The second-order valence-electron chi connectivity index (χ2n) is 5.03. The first-order valence-electron chi connectivity index (χ1n) is 6.69. The average molecular weight is 318 g/mol. The highest BCUT2D eigenvalue weighted by Gasteiger charge is 2.09. The molecule has 2 aromatic carbocycles. The van der Waals surface area contributed by atoms with Gasteiger partial charge in [0.1, 0.15) is 0 Å². The van der Waals surface area contributed by atoms with Gasteiger partial charge in [-0.15, -0.1) is 0 Å². The molecule has 100 valence electrons. The molecule has 0 aliphatic rings. The largest absolute Gasteiger partial charge is 0.378 e. The smallest absolute Gasteiger partial charge is 0.0511 e. The van der Waals surface area contributed by atoms with Crippen molar-refractivity contribution < 1.29 is 0 Å². The van der Waals surface area contributed by atoms with Crippen molar-refractivity contribution in [1.29, 1.82) is 0 Å². The summed E-state index contributed by atoms with van der Waals surface area (Å²) in [6.45, 7) is 6.45. The molecule has 0 saturated heterocycles. The molecular formula is C17H20BrN. The van der Waals surface area contributed by atoms with Crippen LogP contribution in [0.25, 0.3) is 0 Å². The van der Waals surface area contributed by atoms with E-state index in [1.54, 1.807) is 0 Å². The molecule has 1 unspecified atom stereocenters. The number of hydrogen-bond acceptors (Lipinski definition) is 1. The maximum absolute atomic E-state index is 3.62. The van der Waals surface area contributed by atoms with Gasteiger partial charge in [0.05, 0.1) is 6.04 Å². The van der Waals surface area contributed by atoms with Crippen LogP contribution in [0.1, 0.15) is 36.1 Å². The summed E-state index contributed by atoms with van der Waals surface area (Å²) in [5.41, 5.74) is 5.07. The first-order chi connectivity index (χ1) is 9.08. The summed E-state index contributed by atoms with van der Waals surface area (Å²) >= 11 is 3.55. The van der Waals surface area contributed by atoms with Gasteiger partial charge in [-0.1, -0.05) is 52.7 Å². The monoisotopic (exact) mass is 317 g/mol. The van der Waals surface area contributed by atoms with E-state index >= 15 is 0 Å². The summed E-state index contributed by atoms with van der Waals surface area (Å²) in [6.07, 6.45) is 1.06. The van der Waals surface area contributed by atoms with Crippen molar-refractivity contribution in [2.75, 3.05) is 5.32 Å². The Balaban J connectivity index is 2.21. The van der Waals surface area contributed by atoms with E-state index in [4.69, 9.17) is 0 Å².